The van der Waals surface area contributed by atoms with Gasteiger partial charge in [-0.2, -0.15) is 0 Å². The monoisotopic (exact) mass is 269 g/mol. The standard InChI is InChI=1S/Ag.Fe.Li.H3O4P.H/c;;;1-5(2,3)4;/h;;;(H3,1,2,3,4);/q;;+1;;-1. The van der Waals surface area contributed by atoms with E-state index < -0.39 is 7.82 Å². The molecule has 1 radical (unpaired) electrons. The fraction of sp³-hybridized carbons (Fsp3) is 0. The summed E-state index contributed by atoms with van der Waals surface area (Å²) in [6.07, 6.45) is 0. The van der Waals surface area contributed by atoms with E-state index in [1.54, 1.807) is 0 Å². The van der Waals surface area contributed by atoms with E-state index in [9.17, 15) is 0 Å². The second-order valence-electron chi connectivity index (χ2n) is 0.513. The quantitative estimate of drug-likeness (QED) is 0.311. The predicted molar refractivity (Wildman–Crippen MR) is 15.4 cm³/mol. The Labute approximate surface area is 86.3 Å². The summed E-state index contributed by atoms with van der Waals surface area (Å²) in [5.41, 5.74) is 0. The summed E-state index contributed by atoms with van der Waals surface area (Å²) in [7, 11) is -4.64. The van der Waals surface area contributed by atoms with Gasteiger partial charge >= 0.3 is 26.7 Å². The van der Waals surface area contributed by atoms with E-state index in [1.165, 1.54) is 0 Å². The Morgan fingerprint density at radius 2 is 1.25 bits per heavy atom. The molecule has 0 saturated carbocycles. The summed E-state index contributed by atoms with van der Waals surface area (Å²) >= 11 is 0. The maximum absolute atomic E-state index is 8.88. The van der Waals surface area contributed by atoms with Crippen molar-refractivity contribution in [1.29, 1.82) is 0 Å². The molecule has 4 nitrogen and oxygen atoms in total. The molecule has 0 aliphatic carbocycles. The molecule has 0 atom stereocenters. The van der Waals surface area contributed by atoms with Crippen LogP contribution in [0, 0.1) is 0 Å². The number of rotatable bonds is 0. The second kappa shape index (κ2) is 8.97. The molecule has 0 spiro atoms. The van der Waals surface area contributed by atoms with E-state index in [4.69, 9.17) is 19.2 Å². The van der Waals surface area contributed by atoms with Crippen LogP contribution in [0.4, 0.5) is 0 Å². The number of hydrogen-bond donors (Lipinski definition) is 3. The van der Waals surface area contributed by atoms with Gasteiger partial charge in [-0.3, -0.25) is 0 Å². The maximum atomic E-state index is 8.88. The number of hydrogen-bond acceptors (Lipinski definition) is 1. The van der Waals surface area contributed by atoms with Gasteiger partial charge in [0.15, 0.2) is 0 Å². The van der Waals surface area contributed by atoms with E-state index in [0.29, 0.717) is 0 Å². The molecule has 0 fully saturated rings. The Hall–Kier alpha value is 1.97. The Morgan fingerprint density at radius 3 is 1.25 bits per heavy atom. The van der Waals surface area contributed by atoms with Gasteiger partial charge in [0.05, 0.1) is 0 Å². The van der Waals surface area contributed by atoms with E-state index in [1.807, 2.05) is 0 Å². The van der Waals surface area contributed by atoms with Crippen LogP contribution in [0.1, 0.15) is 1.43 Å². The molecule has 0 heterocycles. The molecule has 0 unspecified atom stereocenters. The first-order valence-electron chi connectivity index (χ1n) is 0.783. The zero-order valence-corrected chi connectivity index (χ0v) is 7.33. The smallest absolute Gasteiger partial charge is 1.00 e. The molecule has 0 aromatic carbocycles. The molecule has 0 aromatic heterocycles. The zero-order chi connectivity index (χ0) is 4.50. The summed E-state index contributed by atoms with van der Waals surface area (Å²) in [6, 6.07) is 0. The van der Waals surface area contributed by atoms with Crippen molar-refractivity contribution in [2.75, 3.05) is 0 Å². The van der Waals surface area contributed by atoms with Crippen LogP contribution in [-0.4, -0.2) is 14.7 Å². The minimum atomic E-state index is -4.64. The molecule has 0 rings (SSSR count). The molecule has 0 aliphatic heterocycles. The van der Waals surface area contributed by atoms with Crippen LogP contribution in [0.5, 0.6) is 0 Å². The molecule has 8 heteroatoms. The summed E-state index contributed by atoms with van der Waals surface area (Å²) in [5.74, 6) is 0. The van der Waals surface area contributed by atoms with Crippen molar-refractivity contribution in [3.8, 4) is 0 Å². The molecule has 0 amide bonds. The van der Waals surface area contributed by atoms with Gasteiger partial charge in [0, 0.05) is 39.4 Å². The van der Waals surface area contributed by atoms with Gasteiger partial charge in [0.25, 0.3) is 0 Å². The van der Waals surface area contributed by atoms with Gasteiger partial charge in [-0.05, 0) is 0 Å². The summed E-state index contributed by atoms with van der Waals surface area (Å²) in [6.45, 7) is 0. The van der Waals surface area contributed by atoms with E-state index in [-0.39, 0.29) is 59.7 Å². The third-order valence-corrected chi connectivity index (χ3v) is 0. The molecule has 3 N–H and O–H groups in total. The molecule has 0 saturated heterocycles. The Balaban J connectivity index is -0.0000000133. The molecule has 0 bridgehead atoms. The second-order valence-corrected chi connectivity index (χ2v) is 1.54. The van der Waals surface area contributed by atoms with Gasteiger partial charge in [-0.1, -0.05) is 0 Å². The first kappa shape index (κ1) is 22.5. The number of phosphoric acid groups is 1. The topological polar surface area (TPSA) is 77.8 Å². The van der Waals surface area contributed by atoms with E-state index >= 15 is 0 Å². The third-order valence-electron chi connectivity index (χ3n) is 0. The van der Waals surface area contributed by atoms with E-state index in [2.05, 4.69) is 0 Å². The molecule has 0 aliphatic rings. The van der Waals surface area contributed by atoms with Crippen LogP contribution >= 0.6 is 7.82 Å². The van der Waals surface area contributed by atoms with Gasteiger partial charge in [-0.25, -0.2) is 4.57 Å². The first-order chi connectivity index (χ1) is 2.00. The average Bonchev–Trinajstić information content (AvgIpc) is 0.722. The summed E-state index contributed by atoms with van der Waals surface area (Å²) in [4.78, 5) is 21.6. The largest absolute Gasteiger partial charge is 1.00 e. The average molecular weight is 270 g/mol. The molecule has 0 aromatic rings. The minimum absolute atomic E-state index is 0. The van der Waals surface area contributed by atoms with Crippen molar-refractivity contribution in [2.45, 2.75) is 0 Å². The fourth-order valence-electron chi connectivity index (χ4n) is 0. The van der Waals surface area contributed by atoms with Crippen molar-refractivity contribution >= 4 is 7.82 Å². The van der Waals surface area contributed by atoms with Gasteiger partial charge in [0.2, 0.25) is 0 Å². The predicted octanol–water partition coefficient (Wildman–Crippen LogP) is -3.82. The van der Waals surface area contributed by atoms with E-state index in [0.717, 1.165) is 0 Å². The van der Waals surface area contributed by atoms with Crippen LogP contribution in [0.2, 0.25) is 0 Å². The molecular weight excluding hydrogens is 266 g/mol. The van der Waals surface area contributed by atoms with Crippen molar-refractivity contribution in [2.24, 2.45) is 0 Å². The molecule has 8 heavy (non-hydrogen) atoms. The van der Waals surface area contributed by atoms with Crippen LogP contribution in [0.3, 0.4) is 0 Å². The van der Waals surface area contributed by atoms with Crippen molar-refractivity contribution in [3.05, 3.63) is 0 Å². The molecular formula is H4AgFeLiO4P. The maximum Gasteiger partial charge on any atom is 1.00 e. The Bertz CT molecular complexity index is 66.7. The van der Waals surface area contributed by atoms with Crippen molar-refractivity contribution < 1.29 is 79.0 Å². The van der Waals surface area contributed by atoms with Crippen LogP contribution in [0.25, 0.3) is 0 Å². The fourth-order valence-corrected chi connectivity index (χ4v) is 0. The first-order valence-corrected chi connectivity index (χ1v) is 2.35. The van der Waals surface area contributed by atoms with Crippen molar-refractivity contribution in [3.63, 3.8) is 0 Å². The van der Waals surface area contributed by atoms with Gasteiger partial charge in [-0.15, -0.1) is 0 Å². The Kier molecular flexibility index (Phi) is 25.2. The normalized spacial score (nSPS) is 7.38. The van der Waals surface area contributed by atoms with Crippen LogP contribution in [0.15, 0.2) is 0 Å². The molecule has 53 valence electrons. The minimum Gasteiger partial charge on any atom is -1.00 e. The van der Waals surface area contributed by atoms with Gasteiger partial charge < -0.3 is 16.1 Å². The van der Waals surface area contributed by atoms with Crippen molar-refractivity contribution in [1.82, 2.24) is 0 Å². The third kappa shape index (κ3) is 99.9. The summed E-state index contributed by atoms with van der Waals surface area (Å²) < 4.78 is 8.88. The SMILES string of the molecule is O=P(O)(O)O.[Ag].[Fe].[H-].[Li+]. The Morgan fingerprint density at radius 1 is 1.25 bits per heavy atom. The van der Waals surface area contributed by atoms with Crippen LogP contribution in [-0.2, 0) is 44.0 Å². The zero-order valence-electron chi connectivity index (χ0n) is 4.85. The van der Waals surface area contributed by atoms with Crippen LogP contribution < -0.4 is 18.9 Å². The summed E-state index contributed by atoms with van der Waals surface area (Å²) in [5, 5.41) is 0. The van der Waals surface area contributed by atoms with Gasteiger partial charge in [0.1, 0.15) is 0 Å².